The summed E-state index contributed by atoms with van der Waals surface area (Å²) in [6.07, 6.45) is 3.01. The molecule has 1 aromatic carbocycles. The summed E-state index contributed by atoms with van der Waals surface area (Å²) in [4.78, 5) is 10.6. The predicted octanol–water partition coefficient (Wildman–Crippen LogP) is 1.90. The fourth-order valence-electron chi connectivity index (χ4n) is 1.20. The van der Waals surface area contributed by atoms with Crippen LogP contribution in [0.5, 0.6) is 0 Å². The highest BCUT2D eigenvalue weighted by atomic mass is 19.1. The molecule has 0 aromatic heterocycles. The van der Waals surface area contributed by atoms with Crippen LogP contribution in [0.4, 0.5) is 8.78 Å². The van der Waals surface area contributed by atoms with Crippen molar-refractivity contribution in [2.75, 3.05) is 13.6 Å². The van der Waals surface area contributed by atoms with Crippen LogP contribution in [0.1, 0.15) is 15.9 Å². The van der Waals surface area contributed by atoms with Crippen LogP contribution < -0.4 is 5.32 Å². The van der Waals surface area contributed by atoms with Gasteiger partial charge in [0.25, 0.3) is 0 Å². The molecule has 86 valence electrons. The largest absolute Gasteiger partial charge is 0.477 e. The maximum absolute atomic E-state index is 13.5. The lowest BCUT2D eigenvalue weighted by Crippen LogP contribution is -2.06. The molecule has 0 radical (unpaired) electrons. The van der Waals surface area contributed by atoms with Crippen LogP contribution >= 0.6 is 0 Å². The van der Waals surface area contributed by atoms with Crippen molar-refractivity contribution in [1.82, 2.24) is 5.32 Å². The summed E-state index contributed by atoms with van der Waals surface area (Å²) in [6.45, 7) is 0.513. The molecular formula is C11H11F2NO2. The molecule has 0 fully saturated rings. The van der Waals surface area contributed by atoms with Crippen LogP contribution in [0.15, 0.2) is 18.2 Å². The van der Waals surface area contributed by atoms with Crippen molar-refractivity contribution in [2.24, 2.45) is 0 Å². The maximum atomic E-state index is 13.5. The van der Waals surface area contributed by atoms with Gasteiger partial charge in [-0.1, -0.05) is 12.2 Å². The van der Waals surface area contributed by atoms with Gasteiger partial charge in [0.05, 0.1) is 0 Å². The molecule has 0 atom stereocenters. The first-order chi connectivity index (χ1) is 7.57. The van der Waals surface area contributed by atoms with E-state index < -0.39 is 23.2 Å². The summed E-state index contributed by atoms with van der Waals surface area (Å²) in [5, 5.41) is 11.4. The topological polar surface area (TPSA) is 49.3 Å². The second-order valence-corrected chi connectivity index (χ2v) is 3.09. The molecule has 0 saturated carbocycles. The normalized spacial score (nSPS) is 10.9. The number of carboxylic acid groups (broad SMARTS) is 1. The molecule has 0 unspecified atom stereocenters. The van der Waals surface area contributed by atoms with Crippen molar-refractivity contribution in [1.29, 1.82) is 0 Å². The van der Waals surface area contributed by atoms with E-state index in [1.807, 2.05) is 0 Å². The van der Waals surface area contributed by atoms with Gasteiger partial charge in [0.2, 0.25) is 0 Å². The van der Waals surface area contributed by atoms with E-state index >= 15 is 0 Å². The number of hydrogen-bond donors (Lipinski definition) is 2. The standard InChI is InChI=1S/C11H11F2NO2/c1-14-6-2-3-7-4-5-8(12)9(10(7)13)11(15)16/h2-5,14H,6H2,1H3,(H,15,16). The third-order valence-corrected chi connectivity index (χ3v) is 1.95. The van der Waals surface area contributed by atoms with E-state index in [0.717, 1.165) is 6.07 Å². The van der Waals surface area contributed by atoms with E-state index in [4.69, 9.17) is 5.11 Å². The van der Waals surface area contributed by atoms with Gasteiger partial charge in [-0.05, 0) is 19.2 Å². The molecule has 3 nitrogen and oxygen atoms in total. The lowest BCUT2D eigenvalue weighted by atomic mass is 10.1. The van der Waals surface area contributed by atoms with Gasteiger partial charge in [0.15, 0.2) is 0 Å². The van der Waals surface area contributed by atoms with Gasteiger partial charge in [-0.2, -0.15) is 0 Å². The van der Waals surface area contributed by atoms with E-state index in [1.165, 1.54) is 12.1 Å². The van der Waals surface area contributed by atoms with Crippen LogP contribution in [0.25, 0.3) is 6.08 Å². The molecule has 16 heavy (non-hydrogen) atoms. The van der Waals surface area contributed by atoms with Crippen LogP contribution in [-0.4, -0.2) is 24.7 Å². The Morgan fingerprint density at radius 2 is 2.19 bits per heavy atom. The van der Waals surface area contributed by atoms with E-state index in [9.17, 15) is 13.6 Å². The first-order valence-corrected chi connectivity index (χ1v) is 4.60. The summed E-state index contributed by atoms with van der Waals surface area (Å²) in [6, 6.07) is 2.13. The number of benzene rings is 1. The zero-order valence-electron chi connectivity index (χ0n) is 8.63. The monoisotopic (exact) mass is 227 g/mol. The molecule has 0 saturated heterocycles. The van der Waals surface area contributed by atoms with Crippen molar-refractivity contribution < 1.29 is 18.7 Å². The number of carboxylic acids is 1. The Morgan fingerprint density at radius 1 is 1.50 bits per heavy atom. The fraction of sp³-hybridized carbons (Fsp3) is 0.182. The number of rotatable bonds is 4. The summed E-state index contributed by atoms with van der Waals surface area (Å²) < 4.78 is 26.5. The molecule has 0 aliphatic rings. The molecule has 1 rings (SSSR count). The molecule has 0 aliphatic heterocycles. The Balaban J connectivity index is 3.13. The Labute approximate surface area is 91.4 Å². The number of hydrogen-bond acceptors (Lipinski definition) is 2. The third kappa shape index (κ3) is 2.64. The predicted molar refractivity (Wildman–Crippen MR) is 56.3 cm³/mol. The van der Waals surface area contributed by atoms with Crippen molar-refractivity contribution in [3.8, 4) is 0 Å². The molecule has 2 N–H and O–H groups in total. The van der Waals surface area contributed by atoms with Crippen LogP contribution in [0, 0.1) is 11.6 Å². The van der Waals surface area contributed by atoms with E-state index in [-0.39, 0.29) is 5.56 Å². The molecule has 0 bridgehead atoms. The lowest BCUT2D eigenvalue weighted by molar-refractivity contribution is 0.0686. The van der Waals surface area contributed by atoms with E-state index in [0.29, 0.717) is 6.54 Å². The average molecular weight is 227 g/mol. The number of halogens is 2. The summed E-state index contributed by atoms with van der Waals surface area (Å²) in [7, 11) is 1.72. The Morgan fingerprint density at radius 3 is 2.75 bits per heavy atom. The van der Waals surface area contributed by atoms with Gasteiger partial charge in [-0.15, -0.1) is 0 Å². The van der Waals surface area contributed by atoms with Crippen LogP contribution in [0.2, 0.25) is 0 Å². The van der Waals surface area contributed by atoms with Crippen molar-refractivity contribution in [3.05, 3.63) is 41.0 Å². The van der Waals surface area contributed by atoms with Gasteiger partial charge in [-0.3, -0.25) is 0 Å². The Hall–Kier alpha value is -1.75. The van der Waals surface area contributed by atoms with Gasteiger partial charge >= 0.3 is 5.97 Å². The number of carbonyl (C=O) groups is 1. The molecule has 1 aromatic rings. The average Bonchev–Trinajstić information content (AvgIpc) is 2.21. The second kappa shape index (κ2) is 5.37. The summed E-state index contributed by atoms with van der Waals surface area (Å²) >= 11 is 0. The fourth-order valence-corrected chi connectivity index (χ4v) is 1.20. The van der Waals surface area contributed by atoms with Crippen molar-refractivity contribution in [3.63, 3.8) is 0 Å². The number of likely N-dealkylation sites (N-methyl/N-ethyl adjacent to an activating group) is 1. The second-order valence-electron chi connectivity index (χ2n) is 3.09. The van der Waals surface area contributed by atoms with Crippen LogP contribution in [0.3, 0.4) is 0 Å². The lowest BCUT2D eigenvalue weighted by Gasteiger charge is -2.02. The quantitative estimate of drug-likeness (QED) is 0.825. The van der Waals surface area contributed by atoms with E-state index in [2.05, 4.69) is 5.32 Å². The highest BCUT2D eigenvalue weighted by Crippen LogP contribution is 2.18. The molecule has 0 spiro atoms. The number of aromatic carboxylic acids is 1. The Kier molecular flexibility index (Phi) is 4.13. The van der Waals surface area contributed by atoms with Gasteiger partial charge in [0, 0.05) is 12.1 Å². The molecule has 0 amide bonds. The van der Waals surface area contributed by atoms with Gasteiger partial charge < -0.3 is 10.4 Å². The van der Waals surface area contributed by atoms with Gasteiger partial charge in [-0.25, -0.2) is 13.6 Å². The molecule has 0 heterocycles. The minimum atomic E-state index is -1.61. The van der Waals surface area contributed by atoms with Crippen LogP contribution in [-0.2, 0) is 0 Å². The minimum absolute atomic E-state index is 0.0500. The smallest absolute Gasteiger partial charge is 0.341 e. The molecular weight excluding hydrogens is 216 g/mol. The Bertz CT molecular complexity index is 430. The van der Waals surface area contributed by atoms with Crippen molar-refractivity contribution in [2.45, 2.75) is 0 Å². The summed E-state index contributed by atoms with van der Waals surface area (Å²) in [5.74, 6) is -3.74. The molecule has 0 aliphatic carbocycles. The number of nitrogens with one attached hydrogen (secondary N) is 1. The van der Waals surface area contributed by atoms with Gasteiger partial charge in [0.1, 0.15) is 17.2 Å². The molecule has 5 heteroatoms. The zero-order valence-corrected chi connectivity index (χ0v) is 8.63. The first-order valence-electron chi connectivity index (χ1n) is 4.60. The van der Waals surface area contributed by atoms with E-state index in [1.54, 1.807) is 13.1 Å². The highest BCUT2D eigenvalue weighted by Gasteiger charge is 2.18. The zero-order chi connectivity index (χ0) is 12.1. The SMILES string of the molecule is CNCC=Cc1ccc(F)c(C(=O)O)c1F. The minimum Gasteiger partial charge on any atom is -0.477 e. The maximum Gasteiger partial charge on any atom is 0.341 e. The van der Waals surface area contributed by atoms with Crippen molar-refractivity contribution >= 4 is 12.0 Å². The first kappa shape index (κ1) is 12.3. The highest BCUT2D eigenvalue weighted by molar-refractivity contribution is 5.89. The third-order valence-electron chi connectivity index (χ3n) is 1.95. The summed E-state index contributed by atoms with van der Waals surface area (Å²) in [5.41, 5.74) is -0.874.